The van der Waals surface area contributed by atoms with Gasteiger partial charge in [-0.05, 0) is 68.6 Å². The van der Waals surface area contributed by atoms with Crippen molar-refractivity contribution in [3.63, 3.8) is 0 Å². The first-order valence-electron chi connectivity index (χ1n) is 6.34. The van der Waals surface area contributed by atoms with Gasteiger partial charge in [0.15, 0.2) is 11.6 Å². The van der Waals surface area contributed by atoms with E-state index >= 15 is 0 Å². The van der Waals surface area contributed by atoms with Crippen LogP contribution in [0.4, 0.5) is 10.1 Å². The number of phenolic OH excluding ortho intramolecular Hbond substituents is 1. The lowest BCUT2D eigenvalue weighted by Gasteiger charge is -2.12. The predicted molar refractivity (Wildman–Crippen MR) is 88.4 cm³/mol. The van der Waals surface area contributed by atoms with E-state index in [4.69, 9.17) is 9.84 Å². The first kappa shape index (κ1) is 16.1. The van der Waals surface area contributed by atoms with E-state index in [1.54, 1.807) is 6.07 Å². The lowest BCUT2D eigenvalue weighted by molar-refractivity contribution is 0.336. The number of nitrogens with one attached hydrogen (secondary N) is 1. The molecule has 0 heterocycles. The Morgan fingerprint density at radius 3 is 2.43 bits per heavy atom. The van der Waals surface area contributed by atoms with Gasteiger partial charge in [0.1, 0.15) is 5.75 Å². The van der Waals surface area contributed by atoms with Crippen LogP contribution in [0.25, 0.3) is 0 Å². The van der Waals surface area contributed by atoms with E-state index in [9.17, 15) is 4.39 Å². The van der Waals surface area contributed by atoms with E-state index in [1.807, 2.05) is 19.1 Å². The summed E-state index contributed by atoms with van der Waals surface area (Å²) < 4.78 is 20.5. The van der Waals surface area contributed by atoms with Gasteiger partial charge in [0, 0.05) is 18.3 Å². The minimum Gasteiger partial charge on any atom is -0.505 e. The molecule has 3 nitrogen and oxygen atoms in total. The van der Waals surface area contributed by atoms with Crippen LogP contribution in [0, 0.1) is 5.82 Å². The molecule has 0 spiro atoms. The van der Waals surface area contributed by atoms with Crippen molar-refractivity contribution >= 4 is 37.5 Å². The van der Waals surface area contributed by atoms with Crippen LogP contribution in [0.2, 0.25) is 0 Å². The highest BCUT2D eigenvalue weighted by molar-refractivity contribution is 9.11. The quantitative estimate of drug-likeness (QED) is 0.666. The molecule has 6 heteroatoms. The van der Waals surface area contributed by atoms with E-state index in [2.05, 4.69) is 37.2 Å². The predicted octanol–water partition coefficient (Wildman–Crippen LogP) is 5.07. The third-order valence-electron chi connectivity index (χ3n) is 2.79. The van der Waals surface area contributed by atoms with Crippen molar-refractivity contribution in [3.8, 4) is 11.5 Å². The van der Waals surface area contributed by atoms with Crippen LogP contribution in [0.3, 0.4) is 0 Å². The number of aromatic hydroxyl groups is 1. The molecule has 0 saturated heterocycles. The Hall–Kier alpha value is -1.27. The van der Waals surface area contributed by atoms with E-state index in [0.29, 0.717) is 18.8 Å². The Balaban J connectivity index is 2.11. The molecule has 0 radical (unpaired) electrons. The molecular weight excluding hydrogens is 405 g/mol. The fourth-order valence-corrected chi connectivity index (χ4v) is 3.33. The monoisotopic (exact) mass is 417 g/mol. The lowest BCUT2D eigenvalue weighted by Crippen LogP contribution is -2.01. The molecule has 0 bridgehead atoms. The van der Waals surface area contributed by atoms with Crippen molar-refractivity contribution in [3.05, 3.63) is 50.7 Å². The molecule has 0 aliphatic heterocycles. The summed E-state index contributed by atoms with van der Waals surface area (Å²) in [6, 6.07) is 8.09. The Bertz CT molecular complexity index is 627. The van der Waals surface area contributed by atoms with Crippen molar-refractivity contribution in [2.24, 2.45) is 0 Å². The number of ether oxygens (including phenoxy) is 1. The van der Waals surface area contributed by atoms with Crippen LogP contribution in [0.15, 0.2) is 39.3 Å². The van der Waals surface area contributed by atoms with Gasteiger partial charge in [0.05, 0.1) is 15.6 Å². The standard InChI is InChI=1S/C15H14Br2FNO2/c1-2-21-15-11(16)5-9(6-12(15)17)8-19-10-3-4-14(20)13(18)7-10/h3-7,19-20H,2,8H2,1H3. The molecule has 0 saturated carbocycles. The SMILES string of the molecule is CCOc1c(Br)cc(CNc2ccc(O)c(F)c2)cc1Br. The van der Waals surface area contributed by atoms with Crippen molar-refractivity contribution in [2.45, 2.75) is 13.5 Å². The van der Waals surface area contributed by atoms with Gasteiger partial charge in [-0.15, -0.1) is 0 Å². The normalized spacial score (nSPS) is 10.5. The molecule has 21 heavy (non-hydrogen) atoms. The van der Waals surface area contributed by atoms with Crippen molar-refractivity contribution < 1.29 is 14.2 Å². The Morgan fingerprint density at radius 1 is 1.19 bits per heavy atom. The molecule has 112 valence electrons. The first-order chi connectivity index (χ1) is 10.0. The van der Waals surface area contributed by atoms with Crippen molar-refractivity contribution in [1.29, 1.82) is 0 Å². The maximum absolute atomic E-state index is 13.2. The van der Waals surface area contributed by atoms with Crippen LogP contribution in [-0.2, 0) is 6.54 Å². The molecule has 0 amide bonds. The smallest absolute Gasteiger partial charge is 0.166 e. The fraction of sp³-hybridized carbons (Fsp3) is 0.200. The second kappa shape index (κ2) is 7.13. The molecule has 0 fully saturated rings. The van der Waals surface area contributed by atoms with Gasteiger partial charge in [-0.25, -0.2) is 4.39 Å². The van der Waals surface area contributed by atoms with Crippen LogP contribution in [-0.4, -0.2) is 11.7 Å². The third kappa shape index (κ3) is 4.11. The molecule has 0 aliphatic rings. The van der Waals surface area contributed by atoms with E-state index in [-0.39, 0.29) is 5.75 Å². The van der Waals surface area contributed by atoms with Crippen LogP contribution < -0.4 is 10.1 Å². The molecular formula is C15H14Br2FNO2. The van der Waals surface area contributed by atoms with Crippen LogP contribution in [0.1, 0.15) is 12.5 Å². The summed E-state index contributed by atoms with van der Waals surface area (Å²) >= 11 is 6.94. The highest BCUT2D eigenvalue weighted by Gasteiger charge is 2.09. The van der Waals surface area contributed by atoms with Gasteiger partial charge in [-0.1, -0.05) is 0 Å². The maximum atomic E-state index is 13.2. The summed E-state index contributed by atoms with van der Waals surface area (Å²) in [4.78, 5) is 0. The highest BCUT2D eigenvalue weighted by Crippen LogP contribution is 2.35. The van der Waals surface area contributed by atoms with Crippen molar-refractivity contribution in [1.82, 2.24) is 0 Å². The van der Waals surface area contributed by atoms with E-state index in [0.717, 1.165) is 20.3 Å². The van der Waals surface area contributed by atoms with Crippen LogP contribution in [0.5, 0.6) is 11.5 Å². The van der Waals surface area contributed by atoms with Gasteiger partial charge >= 0.3 is 0 Å². The van der Waals surface area contributed by atoms with E-state index in [1.165, 1.54) is 12.1 Å². The zero-order valence-corrected chi connectivity index (χ0v) is 14.5. The highest BCUT2D eigenvalue weighted by atomic mass is 79.9. The van der Waals surface area contributed by atoms with Gasteiger partial charge in [0.2, 0.25) is 0 Å². The number of halogens is 3. The zero-order valence-electron chi connectivity index (χ0n) is 11.3. The topological polar surface area (TPSA) is 41.5 Å². The van der Waals surface area contributed by atoms with E-state index < -0.39 is 5.82 Å². The minimum atomic E-state index is -0.644. The first-order valence-corrected chi connectivity index (χ1v) is 7.93. The number of benzene rings is 2. The Kier molecular flexibility index (Phi) is 5.47. The molecule has 2 aromatic carbocycles. The number of hydrogen-bond donors (Lipinski definition) is 2. The average molecular weight is 419 g/mol. The second-order valence-electron chi connectivity index (χ2n) is 4.34. The third-order valence-corrected chi connectivity index (χ3v) is 3.97. The summed E-state index contributed by atoms with van der Waals surface area (Å²) in [5.74, 6) is -0.238. The Morgan fingerprint density at radius 2 is 1.86 bits per heavy atom. The largest absolute Gasteiger partial charge is 0.505 e. The van der Waals surface area contributed by atoms with Crippen molar-refractivity contribution in [2.75, 3.05) is 11.9 Å². The molecule has 0 unspecified atom stereocenters. The molecule has 2 N–H and O–H groups in total. The molecule has 2 rings (SSSR count). The van der Waals surface area contributed by atoms with Gasteiger partial charge < -0.3 is 15.2 Å². The van der Waals surface area contributed by atoms with Gasteiger partial charge in [-0.3, -0.25) is 0 Å². The van der Waals surface area contributed by atoms with Gasteiger partial charge in [0.25, 0.3) is 0 Å². The second-order valence-corrected chi connectivity index (χ2v) is 6.05. The number of hydrogen-bond acceptors (Lipinski definition) is 3. The summed E-state index contributed by atoms with van der Waals surface area (Å²) in [6.45, 7) is 3.03. The summed E-state index contributed by atoms with van der Waals surface area (Å²) in [6.07, 6.45) is 0. The maximum Gasteiger partial charge on any atom is 0.166 e. The number of anilines is 1. The summed E-state index contributed by atoms with van der Waals surface area (Å²) in [5, 5.41) is 12.3. The summed E-state index contributed by atoms with van der Waals surface area (Å²) in [7, 11) is 0. The number of rotatable bonds is 5. The van der Waals surface area contributed by atoms with Gasteiger partial charge in [-0.2, -0.15) is 0 Å². The zero-order chi connectivity index (χ0) is 15.4. The average Bonchev–Trinajstić information content (AvgIpc) is 2.44. The minimum absolute atomic E-state index is 0.355. The molecule has 2 aromatic rings. The molecule has 0 aromatic heterocycles. The summed E-state index contributed by atoms with van der Waals surface area (Å²) in [5.41, 5.74) is 1.61. The molecule has 0 aliphatic carbocycles. The molecule has 0 atom stereocenters. The Labute approximate surface area is 139 Å². The fourth-order valence-electron chi connectivity index (χ4n) is 1.82. The number of phenols is 1. The van der Waals surface area contributed by atoms with Crippen LogP contribution >= 0.6 is 31.9 Å². The lowest BCUT2D eigenvalue weighted by atomic mass is 10.2.